The second kappa shape index (κ2) is 7.90. The van der Waals surface area contributed by atoms with Gasteiger partial charge in [-0.05, 0) is 48.7 Å². The summed E-state index contributed by atoms with van der Waals surface area (Å²) in [4.78, 5) is 0. The highest BCUT2D eigenvalue weighted by molar-refractivity contribution is 5.43. The fourth-order valence-corrected chi connectivity index (χ4v) is 2.41. The largest absolute Gasteiger partial charge is 0.497 e. The zero-order valence-corrected chi connectivity index (χ0v) is 14.5. The number of aliphatic hydroxyl groups excluding tert-OH is 1. The average Bonchev–Trinajstić information content (AvgIpc) is 2.64. The lowest BCUT2D eigenvalue weighted by Gasteiger charge is -2.27. The van der Waals surface area contributed by atoms with Crippen molar-refractivity contribution in [3.63, 3.8) is 0 Å². The van der Waals surface area contributed by atoms with Crippen molar-refractivity contribution in [3.05, 3.63) is 59.7 Å². The fourth-order valence-electron chi connectivity index (χ4n) is 2.41. The summed E-state index contributed by atoms with van der Waals surface area (Å²) in [7, 11) is 1.64. The summed E-state index contributed by atoms with van der Waals surface area (Å²) in [5, 5.41) is 9.46. The predicted octanol–water partition coefficient (Wildman–Crippen LogP) is 4.00. The molecule has 0 saturated carbocycles. The molecule has 3 nitrogen and oxygen atoms in total. The molecule has 2 rings (SSSR count). The molecule has 24 heavy (non-hydrogen) atoms. The molecule has 0 aromatic heterocycles. The van der Waals surface area contributed by atoms with Gasteiger partial charge in [0.1, 0.15) is 17.1 Å². The van der Waals surface area contributed by atoms with E-state index in [1.807, 2.05) is 62.4 Å². The fraction of sp³-hybridized carbons (Fsp3) is 0.333. The third-order valence-corrected chi connectivity index (χ3v) is 4.28. The van der Waals surface area contributed by atoms with Gasteiger partial charge in [-0.1, -0.05) is 37.1 Å². The Morgan fingerprint density at radius 2 is 1.54 bits per heavy atom. The molecule has 0 amide bonds. The van der Waals surface area contributed by atoms with Crippen LogP contribution in [0.5, 0.6) is 11.5 Å². The van der Waals surface area contributed by atoms with E-state index in [1.54, 1.807) is 7.11 Å². The van der Waals surface area contributed by atoms with Crippen LogP contribution in [0.15, 0.2) is 48.5 Å². The van der Waals surface area contributed by atoms with Crippen molar-refractivity contribution in [1.82, 2.24) is 0 Å². The summed E-state index contributed by atoms with van der Waals surface area (Å²) < 4.78 is 11.1. The van der Waals surface area contributed by atoms with Crippen LogP contribution in [-0.4, -0.2) is 24.4 Å². The summed E-state index contributed by atoms with van der Waals surface area (Å²) in [5.41, 5.74) is 1.50. The Balaban J connectivity index is 2.20. The van der Waals surface area contributed by atoms with Gasteiger partial charge in [0.25, 0.3) is 0 Å². The van der Waals surface area contributed by atoms with Crippen LogP contribution in [0, 0.1) is 12.3 Å². The molecule has 0 aliphatic rings. The first kappa shape index (κ1) is 17.9. The third-order valence-electron chi connectivity index (χ3n) is 4.28. The van der Waals surface area contributed by atoms with Gasteiger partial charge in [-0.3, -0.25) is 0 Å². The van der Waals surface area contributed by atoms with E-state index in [1.165, 1.54) is 0 Å². The van der Waals surface area contributed by atoms with Crippen molar-refractivity contribution in [2.24, 2.45) is 0 Å². The van der Waals surface area contributed by atoms with Crippen molar-refractivity contribution in [2.45, 2.75) is 31.8 Å². The summed E-state index contributed by atoms with van der Waals surface area (Å²) in [6, 6.07) is 15.5. The summed E-state index contributed by atoms with van der Waals surface area (Å²) in [6.45, 7) is 3.86. The van der Waals surface area contributed by atoms with Gasteiger partial charge in [0.2, 0.25) is 0 Å². The minimum absolute atomic E-state index is 0.0237. The molecule has 0 fully saturated rings. The molecule has 0 aliphatic heterocycles. The van der Waals surface area contributed by atoms with E-state index in [-0.39, 0.29) is 12.5 Å². The Morgan fingerprint density at radius 1 is 1.04 bits per heavy atom. The Labute approximate surface area is 144 Å². The third kappa shape index (κ3) is 4.10. The first-order chi connectivity index (χ1) is 11.5. The van der Waals surface area contributed by atoms with Gasteiger partial charge >= 0.3 is 0 Å². The lowest BCUT2D eigenvalue weighted by molar-refractivity contribution is 0.0219. The summed E-state index contributed by atoms with van der Waals surface area (Å²) in [6.07, 6.45) is 6.47. The maximum Gasteiger partial charge on any atom is 0.129 e. The molecule has 2 aromatic carbocycles. The van der Waals surface area contributed by atoms with Crippen LogP contribution in [-0.2, 0) is 0 Å². The highest BCUT2D eigenvalue weighted by atomic mass is 16.5. The van der Waals surface area contributed by atoms with E-state index in [0.29, 0.717) is 0 Å². The molecule has 0 radical (unpaired) electrons. The quantitative estimate of drug-likeness (QED) is 0.782. The number of aliphatic hydroxyl groups is 1. The van der Waals surface area contributed by atoms with Gasteiger partial charge in [0.15, 0.2) is 0 Å². The van der Waals surface area contributed by atoms with E-state index in [0.717, 1.165) is 29.0 Å². The molecular weight excluding hydrogens is 300 g/mol. The monoisotopic (exact) mass is 324 g/mol. The normalized spacial score (nSPS) is 14.3. The maximum absolute atomic E-state index is 9.46. The molecule has 0 saturated heterocycles. The topological polar surface area (TPSA) is 38.7 Å². The molecule has 2 unspecified atom stereocenters. The van der Waals surface area contributed by atoms with Gasteiger partial charge in [0.05, 0.1) is 19.6 Å². The molecule has 3 heteroatoms. The smallest absolute Gasteiger partial charge is 0.129 e. The second-order valence-electron chi connectivity index (χ2n) is 6.01. The van der Waals surface area contributed by atoms with Crippen LogP contribution in [0.4, 0.5) is 0 Å². The van der Waals surface area contributed by atoms with Gasteiger partial charge in [-0.15, -0.1) is 6.42 Å². The highest BCUT2D eigenvalue weighted by Crippen LogP contribution is 2.28. The van der Waals surface area contributed by atoms with Crippen molar-refractivity contribution in [2.75, 3.05) is 13.7 Å². The van der Waals surface area contributed by atoms with E-state index < -0.39 is 5.60 Å². The first-order valence-corrected chi connectivity index (χ1v) is 8.05. The number of hydrogen-bond donors (Lipinski definition) is 1. The van der Waals surface area contributed by atoms with Crippen molar-refractivity contribution in [3.8, 4) is 23.8 Å². The van der Waals surface area contributed by atoms with Crippen LogP contribution in [0.1, 0.15) is 37.3 Å². The molecule has 126 valence electrons. The number of ether oxygens (including phenoxy) is 2. The second-order valence-corrected chi connectivity index (χ2v) is 6.01. The van der Waals surface area contributed by atoms with Crippen molar-refractivity contribution < 1.29 is 14.6 Å². The minimum atomic E-state index is -0.566. The van der Waals surface area contributed by atoms with E-state index in [9.17, 15) is 5.11 Å². The molecule has 0 aliphatic carbocycles. The number of rotatable bonds is 7. The van der Waals surface area contributed by atoms with E-state index >= 15 is 0 Å². The molecule has 0 spiro atoms. The van der Waals surface area contributed by atoms with Gasteiger partial charge in [0, 0.05) is 0 Å². The Kier molecular flexibility index (Phi) is 5.89. The molecular formula is C21H24O3. The molecule has 0 bridgehead atoms. The number of hydrogen-bond acceptors (Lipinski definition) is 3. The maximum atomic E-state index is 9.46. The lowest BCUT2D eigenvalue weighted by atomic mass is 9.92. The Morgan fingerprint density at radius 3 is 1.92 bits per heavy atom. The lowest BCUT2D eigenvalue weighted by Crippen LogP contribution is -2.35. The molecule has 1 N–H and O–H groups in total. The SMILES string of the molecule is C#CC(c1ccc(OC)cc1)c1ccc(OC(C)(CC)CO)cc1. The van der Waals surface area contributed by atoms with Crippen LogP contribution < -0.4 is 9.47 Å². The van der Waals surface area contributed by atoms with Crippen LogP contribution in [0.3, 0.4) is 0 Å². The zero-order valence-electron chi connectivity index (χ0n) is 14.5. The highest BCUT2D eigenvalue weighted by Gasteiger charge is 2.23. The summed E-state index contributed by atoms with van der Waals surface area (Å²) >= 11 is 0. The number of methoxy groups -OCH3 is 1. The number of terminal acetylenes is 1. The van der Waals surface area contributed by atoms with Crippen molar-refractivity contribution in [1.29, 1.82) is 0 Å². The van der Waals surface area contributed by atoms with Crippen LogP contribution in [0.2, 0.25) is 0 Å². The summed E-state index contributed by atoms with van der Waals surface area (Å²) in [5.74, 6) is 4.25. The molecule has 0 heterocycles. The number of benzene rings is 2. The average molecular weight is 324 g/mol. The van der Waals surface area contributed by atoms with Crippen LogP contribution in [0.25, 0.3) is 0 Å². The first-order valence-electron chi connectivity index (χ1n) is 8.05. The predicted molar refractivity (Wildman–Crippen MR) is 96.5 cm³/mol. The Bertz CT molecular complexity index is 677. The van der Waals surface area contributed by atoms with Gasteiger partial charge in [-0.2, -0.15) is 0 Å². The Hall–Kier alpha value is -2.44. The molecule has 2 aromatic rings. The minimum Gasteiger partial charge on any atom is -0.497 e. The van der Waals surface area contributed by atoms with Crippen LogP contribution >= 0.6 is 0 Å². The zero-order chi connectivity index (χ0) is 17.6. The standard InChI is InChI=1S/C21H24O3/c1-5-20(16-7-11-18(23-4)12-8-16)17-9-13-19(14-10-17)24-21(3,6-2)15-22/h1,7-14,20,22H,6,15H2,2-4H3. The van der Waals surface area contributed by atoms with Crippen molar-refractivity contribution >= 4 is 0 Å². The van der Waals surface area contributed by atoms with E-state index in [4.69, 9.17) is 15.9 Å². The van der Waals surface area contributed by atoms with Gasteiger partial charge in [-0.25, -0.2) is 0 Å². The van der Waals surface area contributed by atoms with E-state index in [2.05, 4.69) is 5.92 Å². The van der Waals surface area contributed by atoms with Gasteiger partial charge < -0.3 is 14.6 Å². The molecule has 2 atom stereocenters.